The maximum absolute atomic E-state index is 9.85. The first kappa shape index (κ1) is 14.3. The summed E-state index contributed by atoms with van der Waals surface area (Å²) in [6.07, 6.45) is 0.739. The number of methoxy groups -OCH3 is 2. The molecule has 0 aliphatic carbocycles. The minimum absolute atomic E-state index is 0.295. The highest BCUT2D eigenvalue weighted by atomic mass is 16.5. The molecule has 0 fully saturated rings. The van der Waals surface area contributed by atoms with Gasteiger partial charge in [0, 0.05) is 11.6 Å². The average molecular weight is 278 g/mol. The quantitative estimate of drug-likeness (QED) is 0.875. The van der Waals surface area contributed by atoms with Crippen LogP contribution in [0.5, 0.6) is 11.5 Å². The highest BCUT2D eigenvalue weighted by Crippen LogP contribution is 2.29. The summed E-state index contributed by atoms with van der Waals surface area (Å²) in [6, 6.07) is 5.30. The Morgan fingerprint density at radius 1 is 1.20 bits per heavy atom. The van der Waals surface area contributed by atoms with Crippen molar-refractivity contribution in [2.75, 3.05) is 14.2 Å². The fourth-order valence-electron chi connectivity index (χ4n) is 1.82. The highest BCUT2D eigenvalue weighted by molar-refractivity contribution is 5.59. The van der Waals surface area contributed by atoms with E-state index in [4.69, 9.17) is 14.0 Å². The standard InChI is InChI=1S/C14H18N2O4/c1-4-5-12(17)13-15-14(20-16-13)9-6-10(18-2)8-11(7-9)19-3/h6-8,12,17H,4-5H2,1-3H3. The van der Waals surface area contributed by atoms with Crippen LogP contribution in [0.2, 0.25) is 0 Å². The fourth-order valence-corrected chi connectivity index (χ4v) is 1.82. The lowest BCUT2D eigenvalue weighted by molar-refractivity contribution is 0.153. The van der Waals surface area contributed by atoms with E-state index in [1.165, 1.54) is 0 Å². The Hall–Kier alpha value is -2.08. The van der Waals surface area contributed by atoms with Gasteiger partial charge in [-0.3, -0.25) is 0 Å². The number of aliphatic hydroxyl groups excluding tert-OH is 1. The minimum Gasteiger partial charge on any atom is -0.497 e. The maximum Gasteiger partial charge on any atom is 0.258 e. The molecule has 0 aliphatic heterocycles. The van der Waals surface area contributed by atoms with Crippen molar-refractivity contribution < 1.29 is 19.1 Å². The van der Waals surface area contributed by atoms with E-state index in [-0.39, 0.29) is 0 Å². The Kier molecular flexibility index (Phi) is 4.57. The van der Waals surface area contributed by atoms with Crippen LogP contribution in [0.15, 0.2) is 22.7 Å². The van der Waals surface area contributed by atoms with Crippen LogP contribution >= 0.6 is 0 Å². The molecule has 2 rings (SSSR count). The second kappa shape index (κ2) is 6.38. The largest absolute Gasteiger partial charge is 0.497 e. The number of hydrogen-bond donors (Lipinski definition) is 1. The van der Waals surface area contributed by atoms with Gasteiger partial charge in [0.2, 0.25) is 5.82 Å². The number of benzene rings is 1. The Bertz CT molecular complexity index is 546. The third kappa shape index (κ3) is 3.08. The molecule has 0 bridgehead atoms. The molecular formula is C14H18N2O4. The first-order chi connectivity index (χ1) is 9.67. The topological polar surface area (TPSA) is 77.6 Å². The van der Waals surface area contributed by atoms with Gasteiger partial charge in [-0.1, -0.05) is 18.5 Å². The Morgan fingerprint density at radius 2 is 1.85 bits per heavy atom. The van der Waals surface area contributed by atoms with E-state index >= 15 is 0 Å². The zero-order chi connectivity index (χ0) is 14.5. The lowest BCUT2D eigenvalue weighted by Crippen LogP contribution is -1.98. The normalized spacial score (nSPS) is 12.2. The monoisotopic (exact) mass is 278 g/mol. The van der Waals surface area contributed by atoms with Crippen LogP contribution in [-0.4, -0.2) is 29.5 Å². The summed E-state index contributed by atoms with van der Waals surface area (Å²) in [6.45, 7) is 1.98. The highest BCUT2D eigenvalue weighted by Gasteiger charge is 2.16. The molecule has 6 nitrogen and oxygen atoms in total. The van der Waals surface area contributed by atoms with E-state index < -0.39 is 6.10 Å². The zero-order valence-corrected chi connectivity index (χ0v) is 11.8. The van der Waals surface area contributed by atoms with Crippen LogP contribution in [0.25, 0.3) is 11.5 Å². The summed E-state index contributed by atoms with van der Waals surface area (Å²) in [7, 11) is 3.14. The Morgan fingerprint density at radius 3 is 2.40 bits per heavy atom. The van der Waals surface area contributed by atoms with Crippen molar-refractivity contribution in [2.24, 2.45) is 0 Å². The first-order valence-electron chi connectivity index (χ1n) is 6.43. The van der Waals surface area contributed by atoms with E-state index in [1.807, 2.05) is 6.92 Å². The van der Waals surface area contributed by atoms with Gasteiger partial charge in [-0.25, -0.2) is 0 Å². The van der Waals surface area contributed by atoms with Gasteiger partial charge < -0.3 is 19.1 Å². The Labute approximate surface area is 117 Å². The summed E-state index contributed by atoms with van der Waals surface area (Å²) in [5.74, 6) is 1.89. The number of rotatable bonds is 6. The van der Waals surface area contributed by atoms with Gasteiger partial charge in [0.25, 0.3) is 5.89 Å². The maximum atomic E-state index is 9.85. The third-order valence-corrected chi connectivity index (χ3v) is 2.90. The van der Waals surface area contributed by atoms with Gasteiger partial charge in [-0.2, -0.15) is 4.98 Å². The summed E-state index contributed by atoms with van der Waals surface area (Å²) in [5.41, 5.74) is 0.684. The van der Waals surface area contributed by atoms with Crippen molar-refractivity contribution in [1.29, 1.82) is 0 Å². The summed E-state index contributed by atoms with van der Waals surface area (Å²) < 4.78 is 15.6. The number of hydrogen-bond acceptors (Lipinski definition) is 6. The molecule has 1 atom stereocenters. The van der Waals surface area contributed by atoms with E-state index in [9.17, 15) is 5.11 Å². The third-order valence-electron chi connectivity index (χ3n) is 2.90. The molecule has 20 heavy (non-hydrogen) atoms. The van der Waals surface area contributed by atoms with Crippen molar-refractivity contribution >= 4 is 0 Å². The average Bonchev–Trinajstić information content (AvgIpc) is 2.97. The van der Waals surface area contributed by atoms with Crippen molar-refractivity contribution in [2.45, 2.75) is 25.9 Å². The molecule has 1 N–H and O–H groups in total. The van der Waals surface area contributed by atoms with E-state index in [1.54, 1.807) is 32.4 Å². The summed E-state index contributed by atoms with van der Waals surface area (Å²) in [4.78, 5) is 4.21. The van der Waals surface area contributed by atoms with Crippen LogP contribution < -0.4 is 9.47 Å². The van der Waals surface area contributed by atoms with Crippen LogP contribution in [0, 0.1) is 0 Å². The molecule has 6 heteroatoms. The smallest absolute Gasteiger partial charge is 0.258 e. The predicted molar refractivity (Wildman–Crippen MR) is 72.7 cm³/mol. The molecule has 0 saturated carbocycles. The second-order valence-corrected chi connectivity index (χ2v) is 4.36. The molecule has 1 aromatic carbocycles. The van der Waals surface area contributed by atoms with Gasteiger partial charge in [-0.05, 0) is 18.6 Å². The molecule has 0 spiro atoms. The van der Waals surface area contributed by atoms with Crippen LogP contribution in [0.1, 0.15) is 31.7 Å². The zero-order valence-electron chi connectivity index (χ0n) is 11.8. The van der Waals surface area contributed by atoms with Crippen molar-refractivity contribution in [3.05, 3.63) is 24.0 Å². The van der Waals surface area contributed by atoms with Crippen LogP contribution in [0.4, 0.5) is 0 Å². The molecule has 0 saturated heterocycles. The number of aliphatic hydroxyl groups is 1. The van der Waals surface area contributed by atoms with Gasteiger partial charge >= 0.3 is 0 Å². The molecule has 0 amide bonds. The van der Waals surface area contributed by atoms with Gasteiger partial charge in [-0.15, -0.1) is 0 Å². The molecule has 1 unspecified atom stereocenters. The molecule has 1 aromatic heterocycles. The minimum atomic E-state index is -0.704. The molecular weight excluding hydrogens is 260 g/mol. The first-order valence-corrected chi connectivity index (χ1v) is 6.43. The van der Waals surface area contributed by atoms with Crippen LogP contribution in [0.3, 0.4) is 0 Å². The number of ether oxygens (including phenoxy) is 2. The van der Waals surface area contributed by atoms with Crippen molar-refractivity contribution in [3.63, 3.8) is 0 Å². The fraction of sp³-hybridized carbons (Fsp3) is 0.429. The van der Waals surface area contributed by atoms with Crippen molar-refractivity contribution in [1.82, 2.24) is 10.1 Å². The number of aromatic nitrogens is 2. The van der Waals surface area contributed by atoms with Crippen LogP contribution in [-0.2, 0) is 0 Å². The van der Waals surface area contributed by atoms with Crippen molar-refractivity contribution in [3.8, 4) is 23.0 Å². The lowest BCUT2D eigenvalue weighted by atomic mass is 10.2. The molecule has 108 valence electrons. The predicted octanol–water partition coefficient (Wildman–Crippen LogP) is 2.59. The lowest BCUT2D eigenvalue weighted by Gasteiger charge is -2.05. The Balaban J connectivity index is 2.31. The molecule has 0 aliphatic rings. The van der Waals surface area contributed by atoms with E-state index in [0.717, 1.165) is 6.42 Å². The van der Waals surface area contributed by atoms with Gasteiger partial charge in [0.1, 0.15) is 17.6 Å². The van der Waals surface area contributed by atoms with Gasteiger partial charge in [0.15, 0.2) is 0 Å². The van der Waals surface area contributed by atoms with E-state index in [2.05, 4.69) is 10.1 Å². The second-order valence-electron chi connectivity index (χ2n) is 4.36. The van der Waals surface area contributed by atoms with E-state index in [0.29, 0.717) is 35.2 Å². The summed E-state index contributed by atoms with van der Waals surface area (Å²) >= 11 is 0. The molecule has 0 radical (unpaired) electrons. The van der Waals surface area contributed by atoms with Gasteiger partial charge in [0.05, 0.1) is 14.2 Å². The summed E-state index contributed by atoms with van der Waals surface area (Å²) in [5, 5.41) is 13.7. The molecule has 1 heterocycles. The molecule has 2 aromatic rings. The number of nitrogens with zero attached hydrogens (tertiary/aromatic N) is 2. The SMILES string of the molecule is CCCC(O)c1noc(-c2cc(OC)cc(OC)c2)n1.